The van der Waals surface area contributed by atoms with Crippen LogP contribution in [0, 0.1) is 6.92 Å². The second-order valence-corrected chi connectivity index (χ2v) is 8.13. The fourth-order valence-electron chi connectivity index (χ4n) is 3.88. The van der Waals surface area contributed by atoms with E-state index in [1.807, 2.05) is 43.5 Å². The molecule has 9 heteroatoms. The molecule has 34 heavy (non-hydrogen) atoms. The normalized spacial score (nSPS) is 13.3. The van der Waals surface area contributed by atoms with E-state index in [4.69, 9.17) is 15.2 Å². The second kappa shape index (κ2) is 10.3. The van der Waals surface area contributed by atoms with Gasteiger partial charge in [0.2, 0.25) is 5.95 Å². The van der Waals surface area contributed by atoms with E-state index in [2.05, 4.69) is 38.0 Å². The molecule has 0 saturated heterocycles. The van der Waals surface area contributed by atoms with Crippen LogP contribution < -0.4 is 15.2 Å². The van der Waals surface area contributed by atoms with Crippen LogP contribution in [0.25, 0.3) is 5.82 Å². The summed E-state index contributed by atoms with van der Waals surface area (Å²) in [5.74, 6) is 3.51. The van der Waals surface area contributed by atoms with Crippen LogP contribution in [0.2, 0.25) is 0 Å². The Morgan fingerprint density at radius 2 is 1.82 bits per heavy atom. The second-order valence-electron chi connectivity index (χ2n) is 8.13. The Morgan fingerprint density at radius 1 is 1.00 bits per heavy atom. The van der Waals surface area contributed by atoms with Gasteiger partial charge in [-0.2, -0.15) is 9.67 Å². The van der Waals surface area contributed by atoms with Crippen molar-refractivity contribution in [3.05, 3.63) is 70.5 Å². The molecule has 3 heterocycles. The summed E-state index contributed by atoms with van der Waals surface area (Å²) in [6.07, 6.45) is 8.23. The molecule has 0 spiro atoms. The van der Waals surface area contributed by atoms with Gasteiger partial charge in [-0.05, 0) is 61.6 Å². The number of anilines is 1. The monoisotopic (exact) mass is 459 g/mol. The Hall–Kier alpha value is -4.01. The van der Waals surface area contributed by atoms with Crippen molar-refractivity contribution in [1.82, 2.24) is 24.7 Å². The van der Waals surface area contributed by atoms with Crippen molar-refractivity contribution in [2.45, 2.75) is 33.1 Å². The molecule has 0 radical (unpaired) electrons. The number of nitrogens with zero attached hydrogens (tertiary/aromatic N) is 6. The Kier molecular flexibility index (Phi) is 7.01. The zero-order valence-electron chi connectivity index (χ0n) is 19.9. The molecule has 1 aliphatic rings. The summed E-state index contributed by atoms with van der Waals surface area (Å²) in [5, 5.41) is 4.41. The molecule has 0 aliphatic carbocycles. The lowest BCUT2D eigenvalue weighted by molar-refractivity contribution is 0.354. The molecular weight excluding hydrogens is 430 g/mol. The molecule has 176 valence electrons. The molecule has 0 saturated carbocycles. The molecule has 0 amide bonds. The minimum Gasteiger partial charge on any atom is -0.493 e. The van der Waals surface area contributed by atoms with Crippen LogP contribution >= 0.6 is 0 Å². The highest BCUT2D eigenvalue weighted by molar-refractivity contribution is 5.73. The first-order valence-corrected chi connectivity index (χ1v) is 11.1. The first-order chi connectivity index (χ1) is 16.4. The summed E-state index contributed by atoms with van der Waals surface area (Å²) >= 11 is 0. The highest BCUT2D eigenvalue weighted by atomic mass is 16.5. The van der Waals surface area contributed by atoms with Gasteiger partial charge in [-0.3, -0.25) is 4.99 Å². The van der Waals surface area contributed by atoms with Gasteiger partial charge in [-0.1, -0.05) is 12.1 Å². The van der Waals surface area contributed by atoms with E-state index < -0.39 is 0 Å². The Balaban J connectivity index is 1.59. The van der Waals surface area contributed by atoms with Gasteiger partial charge in [0.25, 0.3) is 0 Å². The molecule has 1 aromatic carbocycles. The average molecular weight is 460 g/mol. The number of aryl methyl sites for hydroxylation is 2. The number of aromatic nitrogens is 5. The van der Waals surface area contributed by atoms with Crippen molar-refractivity contribution < 1.29 is 9.47 Å². The third-order valence-corrected chi connectivity index (χ3v) is 5.47. The van der Waals surface area contributed by atoms with Crippen LogP contribution in [0.3, 0.4) is 0 Å². The summed E-state index contributed by atoms with van der Waals surface area (Å²) in [7, 11) is 3.23. The van der Waals surface area contributed by atoms with E-state index in [1.54, 1.807) is 18.9 Å². The van der Waals surface area contributed by atoms with Gasteiger partial charge in [0.05, 0.1) is 20.8 Å². The van der Waals surface area contributed by atoms with Crippen LogP contribution in [0.15, 0.2) is 52.6 Å². The summed E-state index contributed by atoms with van der Waals surface area (Å²) < 4.78 is 12.4. The van der Waals surface area contributed by atoms with Crippen LogP contribution in [0.5, 0.6) is 11.5 Å². The lowest BCUT2D eigenvalue weighted by atomic mass is 10.1. The largest absolute Gasteiger partial charge is 0.493 e. The predicted octanol–water partition coefficient (Wildman–Crippen LogP) is 3.45. The van der Waals surface area contributed by atoms with Crippen molar-refractivity contribution in [3.63, 3.8) is 0 Å². The van der Waals surface area contributed by atoms with Crippen molar-refractivity contribution in [1.29, 1.82) is 0 Å². The number of methoxy groups -OCH3 is 2. The zero-order valence-corrected chi connectivity index (χ0v) is 19.9. The lowest BCUT2D eigenvalue weighted by Gasteiger charge is -2.11. The van der Waals surface area contributed by atoms with Crippen LogP contribution in [-0.2, 0) is 12.8 Å². The zero-order chi connectivity index (χ0) is 24.1. The molecule has 4 rings (SSSR count). The van der Waals surface area contributed by atoms with Crippen LogP contribution in [0.1, 0.15) is 36.3 Å². The van der Waals surface area contributed by atoms with Gasteiger partial charge in [0.15, 0.2) is 17.3 Å². The van der Waals surface area contributed by atoms with Gasteiger partial charge < -0.3 is 15.2 Å². The molecule has 9 nitrogen and oxygen atoms in total. The van der Waals surface area contributed by atoms with E-state index in [1.165, 1.54) is 11.1 Å². The van der Waals surface area contributed by atoms with Gasteiger partial charge in [0, 0.05) is 24.4 Å². The molecular formula is C25H29N7O2. The minimum absolute atomic E-state index is 0.192. The van der Waals surface area contributed by atoms with Gasteiger partial charge in [-0.15, -0.1) is 5.10 Å². The lowest BCUT2D eigenvalue weighted by Crippen LogP contribution is -2.09. The van der Waals surface area contributed by atoms with Crippen LogP contribution in [0.4, 0.5) is 5.95 Å². The predicted molar refractivity (Wildman–Crippen MR) is 132 cm³/mol. The Morgan fingerprint density at radius 3 is 2.62 bits per heavy atom. The number of ether oxygens (including phenoxy) is 2. The topological polar surface area (TPSA) is 113 Å². The molecule has 0 atom stereocenters. The molecule has 1 aliphatic heterocycles. The number of nitrogen functional groups attached to an aromatic ring is 1. The highest BCUT2D eigenvalue weighted by Crippen LogP contribution is 2.28. The maximum atomic E-state index is 5.97. The number of aliphatic imine (C=N–C) groups is 1. The van der Waals surface area contributed by atoms with Crippen molar-refractivity contribution >= 4 is 12.2 Å². The van der Waals surface area contributed by atoms with Crippen molar-refractivity contribution in [2.24, 2.45) is 4.99 Å². The number of hydrogen-bond acceptors (Lipinski definition) is 8. The summed E-state index contributed by atoms with van der Waals surface area (Å²) in [6, 6.07) is 7.70. The molecule has 0 bridgehead atoms. The average Bonchev–Trinajstić information content (AvgIpc) is 3.05. The van der Waals surface area contributed by atoms with Gasteiger partial charge >= 0.3 is 0 Å². The quantitative estimate of drug-likeness (QED) is 0.549. The van der Waals surface area contributed by atoms with Gasteiger partial charge in [-0.25, -0.2) is 9.97 Å². The third-order valence-electron chi connectivity index (χ3n) is 5.47. The maximum Gasteiger partial charge on any atom is 0.240 e. The minimum atomic E-state index is 0.192. The summed E-state index contributed by atoms with van der Waals surface area (Å²) in [6.45, 7) is 4.67. The Labute approximate surface area is 199 Å². The summed E-state index contributed by atoms with van der Waals surface area (Å²) in [5.41, 5.74) is 10.4. The molecule has 3 aromatic rings. The van der Waals surface area contributed by atoms with E-state index in [0.29, 0.717) is 41.9 Å². The highest BCUT2D eigenvalue weighted by Gasteiger charge is 2.15. The third kappa shape index (κ3) is 5.48. The SMILES string of the molecule is COc1ccc(Cc2nc(N)nn2-c2cc(CCC3=CC(C)=CC=NC3)nc(C)n2)cc1OC. The number of hydrogen-bond donors (Lipinski definition) is 1. The van der Waals surface area contributed by atoms with Crippen molar-refractivity contribution in [2.75, 3.05) is 26.5 Å². The number of rotatable bonds is 8. The first-order valence-electron chi connectivity index (χ1n) is 11.1. The fourth-order valence-corrected chi connectivity index (χ4v) is 3.88. The van der Waals surface area contributed by atoms with Gasteiger partial charge in [0.1, 0.15) is 11.6 Å². The molecule has 2 aromatic heterocycles. The molecule has 0 unspecified atom stereocenters. The standard InChI is InChI=1S/C25H29N7O2/c1-16-9-10-27-15-19(11-16)5-7-20-14-24(29-17(2)28-20)32-23(30-25(26)31-32)13-18-6-8-21(33-3)22(12-18)34-4/h6,8-12,14H,5,7,13,15H2,1-4H3,(H2,26,31). The molecule has 2 N–H and O–H groups in total. The van der Waals surface area contributed by atoms with E-state index in [-0.39, 0.29) is 5.95 Å². The smallest absolute Gasteiger partial charge is 0.240 e. The fraction of sp³-hybridized carbons (Fsp3) is 0.320. The number of benzene rings is 1. The first kappa shape index (κ1) is 23.2. The maximum absolute atomic E-state index is 5.97. The summed E-state index contributed by atoms with van der Waals surface area (Å²) in [4.78, 5) is 18.1. The van der Waals surface area contributed by atoms with Crippen molar-refractivity contribution in [3.8, 4) is 17.3 Å². The van der Waals surface area contributed by atoms with E-state index >= 15 is 0 Å². The molecule has 0 fully saturated rings. The number of allylic oxidation sites excluding steroid dienone is 3. The van der Waals surface area contributed by atoms with E-state index in [0.717, 1.165) is 24.1 Å². The van der Waals surface area contributed by atoms with E-state index in [9.17, 15) is 0 Å². The Bertz CT molecular complexity index is 1270. The van der Waals surface area contributed by atoms with Crippen LogP contribution in [-0.4, -0.2) is 51.7 Å². The number of nitrogens with two attached hydrogens (primary N) is 1.